The predicted octanol–water partition coefficient (Wildman–Crippen LogP) is -0.154. The van der Waals surface area contributed by atoms with E-state index < -0.39 is 22.2 Å². The molecule has 0 aliphatic carbocycles. The molecule has 0 amide bonds. The van der Waals surface area contributed by atoms with Crippen molar-refractivity contribution in [2.24, 2.45) is 0 Å². The Bertz CT molecular complexity index is 471. The maximum absolute atomic E-state index is 11.7. The number of carbonyl (C=O) groups excluding carboxylic acids is 1. The van der Waals surface area contributed by atoms with Crippen molar-refractivity contribution >= 4 is 16.0 Å². The zero-order chi connectivity index (χ0) is 12.9. The van der Waals surface area contributed by atoms with Gasteiger partial charge in [-0.1, -0.05) is 18.2 Å². The molecule has 0 saturated heterocycles. The van der Waals surface area contributed by atoms with Gasteiger partial charge in [0.2, 0.25) is 16.3 Å². The van der Waals surface area contributed by atoms with Crippen LogP contribution in [-0.2, 0) is 19.6 Å². The van der Waals surface area contributed by atoms with Crippen LogP contribution in [0.1, 0.15) is 6.92 Å². The number of ether oxygens (including phenoxy) is 1. The van der Waals surface area contributed by atoms with E-state index in [2.05, 4.69) is 4.74 Å². The lowest BCUT2D eigenvalue weighted by molar-refractivity contribution is -0.153. The molecule has 2 N–H and O–H groups in total. The van der Waals surface area contributed by atoms with E-state index in [1.165, 1.54) is 24.3 Å². The summed E-state index contributed by atoms with van der Waals surface area (Å²) in [6.07, 6.45) is -1.90. The largest absolute Gasteiger partial charge is 0.463 e. The molecule has 0 aliphatic heterocycles. The summed E-state index contributed by atoms with van der Waals surface area (Å²) in [7, 11) is -3.92. The van der Waals surface area contributed by atoms with Gasteiger partial charge in [0.15, 0.2) is 0 Å². The van der Waals surface area contributed by atoms with E-state index in [-0.39, 0.29) is 11.5 Å². The molecule has 0 radical (unpaired) electrons. The average molecular weight is 259 g/mol. The number of aliphatic hydroxyl groups excluding tert-OH is 1. The Morgan fingerprint density at radius 3 is 2.53 bits per heavy atom. The second-order valence-corrected chi connectivity index (χ2v) is 4.80. The van der Waals surface area contributed by atoms with Crippen LogP contribution in [0.5, 0.6) is 0 Å². The maximum Gasteiger partial charge on any atom is 0.351 e. The molecule has 94 valence electrons. The van der Waals surface area contributed by atoms with Gasteiger partial charge in [-0.05, 0) is 19.1 Å². The molecule has 0 saturated carbocycles. The smallest absolute Gasteiger partial charge is 0.351 e. The minimum Gasteiger partial charge on any atom is -0.463 e. The van der Waals surface area contributed by atoms with E-state index in [0.29, 0.717) is 0 Å². The Labute approximate surface area is 99.3 Å². The van der Waals surface area contributed by atoms with Crippen molar-refractivity contribution in [3.8, 4) is 0 Å². The fraction of sp³-hybridized carbons (Fsp3) is 0.300. The number of hydrogen-bond donors (Lipinski definition) is 2. The Kier molecular flexibility index (Phi) is 4.62. The summed E-state index contributed by atoms with van der Waals surface area (Å²) in [5.74, 6) is -1.04. The van der Waals surface area contributed by atoms with E-state index in [0.717, 1.165) is 0 Å². The summed E-state index contributed by atoms with van der Waals surface area (Å²) in [6.45, 7) is 1.61. The Hall–Kier alpha value is -1.44. The van der Waals surface area contributed by atoms with Gasteiger partial charge in [-0.25, -0.2) is 13.2 Å². The van der Waals surface area contributed by atoms with Crippen LogP contribution in [-0.4, -0.2) is 32.3 Å². The van der Waals surface area contributed by atoms with Gasteiger partial charge in [0.05, 0.1) is 11.5 Å². The van der Waals surface area contributed by atoms with Gasteiger partial charge in [0.25, 0.3) is 0 Å². The molecule has 1 aromatic rings. The lowest BCUT2D eigenvalue weighted by Gasteiger charge is -2.11. The lowest BCUT2D eigenvalue weighted by Crippen LogP contribution is -2.41. The van der Waals surface area contributed by atoms with E-state index >= 15 is 0 Å². The fourth-order valence-corrected chi connectivity index (χ4v) is 2.13. The van der Waals surface area contributed by atoms with Crippen LogP contribution in [0, 0.1) is 0 Å². The van der Waals surface area contributed by atoms with Crippen LogP contribution in [0.15, 0.2) is 35.2 Å². The van der Waals surface area contributed by atoms with E-state index in [9.17, 15) is 18.3 Å². The highest BCUT2D eigenvalue weighted by Gasteiger charge is 2.24. The first-order chi connectivity index (χ1) is 7.97. The molecule has 1 rings (SSSR count). The van der Waals surface area contributed by atoms with Gasteiger partial charge in [-0.15, -0.1) is 0 Å². The number of sulfonamides is 1. The monoisotopic (exact) mass is 259 g/mol. The molecule has 0 aromatic heterocycles. The Morgan fingerprint density at radius 2 is 2.00 bits per heavy atom. The third kappa shape index (κ3) is 3.81. The Balaban J connectivity index is 2.78. The van der Waals surface area contributed by atoms with Crippen molar-refractivity contribution in [2.45, 2.75) is 18.0 Å². The summed E-state index contributed by atoms with van der Waals surface area (Å²) in [5.41, 5.74) is 0. The molecule has 7 heteroatoms. The van der Waals surface area contributed by atoms with Gasteiger partial charge < -0.3 is 9.84 Å². The molecule has 17 heavy (non-hydrogen) atoms. The summed E-state index contributed by atoms with van der Waals surface area (Å²) >= 11 is 0. The quantitative estimate of drug-likeness (QED) is 0.566. The van der Waals surface area contributed by atoms with E-state index in [4.69, 9.17) is 0 Å². The molecular weight excluding hydrogens is 246 g/mol. The topological polar surface area (TPSA) is 92.7 Å². The summed E-state index contributed by atoms with van der Waals surface area (Å²) in [6, 6.07) is 7.41. The highest BCUT2D eigenvalue weighted by atomic mass is 32.2. The number of benzene rings is 1. The third-order valence-corrected chi connectivity index (χ3v) is 3.26. The molecule has 1 aromatic carbocycles. The first-order valence-electron chi connectivity index (χ1n) is 4.89. The highest BCUT2D eigenvalue weighted by Crippen LogP contribution is 2.07. The molecule has 6 nitrogen and oxygen atoms in total. The average Bonchev–Trinajstić information content (AvgIpc) is 2.30. The third-order valence-electron chi connectivity index (χ3n) is 1.83. The highest BCUT2D eigenvalue weighted by molar-refractivity contribution is 7.89. The van der Waals surface area contributed by atoms with Crippen LogP contribution in [0.4, 0.5) is 0 Å². The second kappa shape index (κ2) is 5.76. The van der Waals surface area contributed by atoms with Crippen LogP contribution < -0.4 is 4.72 Å². The SMILES string of the molecule is CCOC(=O)C(O)NS(=O)(=O)c1ccccc1. The Morgan fingerprint density at radius 1 is 1.41 bits per heavy atom. The van der Waals surface area contributed by atoms with Gasteiger partial charge in [0.1, 0.15) is 0 Å². The minimum atomic E-state index is -3.92. The van der Waals surface area contributed by atoms with Gasteiger partial charge in [-0.2, -0.15) is 4.72 Å². The van der Waals surface area contributed by atoms with Crippen molar-refractivity contribution in [3.63, 3.8) is 0 Å². The number of esters is 1. The van der Waals surface area contributed by atoms with Crippen molar-refractivity contribution in [2.75, 3.05) is 6.61 Å². The number of nitrogens with one attached hydrogen (secondary N) is 1. The number of aliphatic hydroxyl groups is 1. The number of hydrogen-bond acceptors (Lipinski definition) is 5. The molecule has 1 unspecified atom stereocenters. The van der Waals surface area contributed by atoms with Crippen LogP contribution in [0.25, 0.3) is 0 Å². The zero-order valence-corrected chi connectivity index (χ0v) is 9.98. The molecule has 0 bridgehead atoms. The molecule has 0 fully saturated rings. The van der Waals surface area contributed by atoms with Crippen LogP contribution in [0.2, 0.25) is 0 Å². The van der Waals surface area contributed by atoms with Crippen molar-refractivity contribution in [3.05, 3.63) is 30.3 Å². The molecule has 0 spiro atoms. The first kappa shape index (κ1) is 13.6. The van der Waals surface area contributed by atoms with Crippen molar-refractivity contribution in [1.82, 2.24) is 4.72 Å². The zero-order valence-electron chi connectivity index (χ0n) is 9.16. The maximum atomic E-state index is 11.7. The first-order valence-corrected chi connectivity index (χ1v) is 6.38. The van der Waals surface area contributed by atoms with Gasteiger partial charge in [0, 0.05) is 0 Å². The summed E-state index contributed by atoms with van der Waals surface area (Å²) in [5, 5.41) is 9.28. The normalized spacial score (nSPS) is 13.1. The fourth-order valence-electron chi connectivity index (χ4n) is 1.08. The van der Waals surface area contributed by atoms with E-state index in [1.54, 1.807) is 13.0 Å². The molecule has 1 atom stereocenters. The van der Waals surface area contributed by atoms with Gasteiger partial charge >= 0.3 is 5.97 Å². The number of rotatable bonds is 5. The van der Waals surface area contributed by atoms with E-state index in [1.807, 2.05) is 4.72 Å². The minimum absolute atomic E-state index is 0.0386. The van der Waals surface area contributed by atoms with Crippen LogP contribution in [0.3, 0.4) is 0 Å². The van der Waals surface area contributed by atoms with Gasteiger partial charge in [-0.3, -0.25) is 0 Å². The lowest BCUT2D eigenvalue weighted by atomic mass is 10.4. The van der Waals surface area contributed by atoms with Crippen molar-refractivity contribution < 1.29 is 23.1 Å². The molecule has 0 heterocycles. The summed E-state index contributed by atoms with van der Waals surface area (Å²) < 4.78 is 29.6. The predicted molar refractivity (Wildman–Crippen MR) is 59.4 cm³/mol. The molecule has 0 aliphatic rings. The molecular formula is C10H13NO5S. The van der Waals surface area contributed by atoms with Crippen LogP contribution >= 0.6 is 0 Å². The second-order valence-electron chi connectivity index (χ2n) is 3.09. The number of carbonyl (C=O) groups is 1. The summed E-state index contributed by atoms with van der Waals surface area (Å²) in [4.78, 5) is 11.0. The standard InChI is InChI=1S/C10H13NO5S/c1-2-16-10(13)9(12)11-17(14,15)8-6-4-3-5-7-8/h3-7,9,11-12H,2H2,1H3. The van der Waals surface area contributed by atoms with Crippen molar-refractivity contribution in [1.29, 1.82) is 0 Å².